The Hall–Kier alpha value is -1.68. The highest BCUT2D eigenvalue weighted by Crippen LogP contribution is 2.28. The highest BCUT2D eigenvalue weighted by atomic mass is 79.9. The molecule has 1 aliphatic rings. The Balaban J connectivity index is 1.92. The van der Waals surface area contributed by atoms with Gasteiger partial charge in [-0.25, -0.2) is 4.39 Å². The first kappa shape index (κ1) is 13.3. The predicted octanol–water partition coefficient (Wildman–Crippen LogP) is 4.18. The van der Waals surface area contributed by atoms with Crippen LogP contribution in [-0.4, -0.2) is 12.3 Å². The zero-order valence-electron chi connectivity index (χ0n) is 10.8. The fraction of sp³-hybridized carbons (Fsp3) is 0.188. The Kier molecular flexibility index (Phi) is 3.57. The van der Waals surface area contributed by atoms with Crippen molar-refractivity contribution >= 4 is 27.4 Å². The molecule has 1 heterocycles. The average molecular weight is 334 g/mol. The third-order valence-electron chi connectivity index (χ3n) is 3.53. The normalized spacial score (nSPS) is 14.3. The van der Waals surface area contributed by atoms with E-state index in [0.29, 0.717) is 25.1 Å². The van der Waals surface area contributed by atoms with Crippen molar-refractivity contribution in [1.29, 1.82) is 0 Å². The van der Waals surface area contributed by atoms with E-state index in [1.807, 2.05) is 30.3 Å². The molecule has 0 atom stereocenters. The van der Waals surface area contributed by atoms with Gasteiger partial charge in [-0.05, 0) is 24.3 Å². The van der Waals surface area contributed by atoms with Gasteiger partial charge >= 0.3 is 0 Å². The van der Waals surface area contributed by atoms with Gasteiger partial charge in [-0.15, -0.1) is 0 Å². The second-order valence-corrected chi connectivity index (χ2v) is 5.76. The van der Waals surface area contributed by atoms with Crippen molar-refractivity contribution in [3.05, 3.63) is 63.9 Å². The lowest BCUT2D eigenvalue weighted by molar-refractivity contribution is 0.0979. The lowest BCUT2D eigenvalue weighted by Gasteiger charge is -2.30. The maximum absolute atomic E-state index is 13.9. The summed E-state index contributed by atoms with van der Waals surface area (Å²) in [5.74, 6) is -0.0677. The molecule has 0 aliphatic carbocycles. The number of hydrogen-bond acceptors (Lipinski definition) is 2. The summed E-state index contributed by atoms with van der Waals surface area (Å²) < 4.78 is 14.7. The maximum Gasteiger partial charge on any atom is 0.166 e. The monoisotopic (exact) mass is 333 g/mol. The van der Waals surface area contributed by atoms with Crippen molar-refractivity contribution in [2.24, 2.45) is 0 Å². The van der Waals surface area contributed by atoms with Crippen molar-refractivity contribution in [3.63, 3.8) is 0 Å². The molecule has 2 nitrogen and oxygen atoms in total. The highest BCUT2D eigenvalue weighted by Gasteiger charge is 2.23. The van der Waals surface area contributed by atoms with Crippen molar-refractivity contribution in [2.45, 2.75) is 13.0 Å². The van der Waals surface area contributed by atoms with Crippen LogP contribution in [0.4, 0.5) is 10.1 Å². The van der Waals surface area contributed by atoms with Gasteiger partial charge in [-0.2, -0.15) is 0 Å². The SMILES string of the molecule is O=C1CCN(Cc2ccc(Br)cc2F)c2ccccc21. The van der Waals surface area contributed by atoms with E-state index in [1.165, 1.54) is 6.07 Å². The minimum Gasteiger partial charge on any atom is -0.366 e. The van der Waals surface area contributed by atoms with E-state index in [1.54, 1.807) is 6.07 Å². The second kappa shape index (κ2) is 5.37. The van der Waals surface area contributed by atoms with E-state index in [0.717, 1.165) is 15.7 Å². The molecule has 2 aromatic carbocycles. The van der Waals surface area contributed by atoms with Crippen molar-refractivity contribution < 1.29 is 9.18 Å². The molecular formula is C16H13BrFNO. The minimum absolute atomic E-state index is 0.160. The number of para-hydroxylation sites is 1. The first-order valence-corrected chi connectivity index (χ1v) is 7.25. The number of benzene rings is 2. The Labute approximate surface area is 125 Å². The molecule has 0 fully saturated rings. The number of rotatable bonds is 2. The van der Waals surface area contributed by atoms with Gasteiger partial charge in [-0.1, -0.05) is 34.1 Å². The van der Waals surface area contributed by atoms with Crippen LogP contribution in [0.1, 0.15) is 22.3 Å². The Morgan fingerprint density at radius 2 is 2.00 bits per heavy atom. The summed E-state index contributed by atoms with van der Waals surface area (Å²) in [5, 5.41) is 0. The molecule has 102 valence electrons. The van der Waals surface area contributed by atoms with Gasteiger partial charge < -0.3 is 4.90 Å². The summed E-state index contributed by atoms with van der Waals surface area (Å²) in [6.07, 6.45) is 0.481. The number of Topliss-reactive ketones (excluding diaryl/α,β-unsaturated/α-hetero) is 1. The van der Waals surface area contributed by atoms with Gasteiger partial charge in [0, 0.05) is 40.8 Å². The van der Waals surface area contributed by atoms with Crippen LogP contribution < -0.4 is 4.90 Å². The van der Waals surface area contributed by atoms with Crippen LogP contribution in [0.15, 0.2) is 46.9 Å². The maximum atomic E-state index is 13.9. The number of halogens is 2. The highest BCUT2D eigenvalue weighted by molar-refractivity contribution is 9.10. The second-order valence-electron chi connectivity index (χ2n) is 4.85. The standard InChI is InChI=1S/C16H13BrFNO/c17-12-6-5-11(14(18)9-12)10-19-8-7-16(20)13-3-1-2-4-15(13)19/h1-6,9H,7-8,10H2. The van der Waals surface area contributed by atoms with E-state index in [9.17, 15) is 9.18 Å². The Morgan fingerprint density at radius 1 is 1.20 bits per heavy atom. The molecule has 0 spiro atoms. The molecule has 0 saturated carbocycles. The van der Waals surface area contributed by atoms with Crippen LogP contribution in [0.5, 0.6) is 0 Å². The molecule has 2 aromatic rings. The molecule has 3 rings (SSSR count). The summed E-state index contributed by atoms with van der Waals surface area (Å²) in [5.41, 5.74) is 2.26. The van der Waals surface area contributed by atoms with E-state index in [2.05, 4.69) is 20.8 Å². The summed E-state index contributed by atoms with van der Waals surface area (Å²) in [4.78, 5) is 13.9. The van der Waals surface area contributed by atoms with Crippen molar-refractivity contribution in [3.8, 4) is 0 Å². The van der Waals surface area contributed by atoms with Gasteiger partial charge in [0.15, 0.2) is 5.78 Å². The first-order chi connectivity index (χ1) is 9.65. The van der Waals surface area contributed by atoms with Gasteiger partial charge in [0.05, 0.1) is 0 Å². The molecule has 0 N–H and O–H groups in total. The minimum atomic E-state index is -0.228. The van der Waals surface area contributed by atoms with Crippen LogP contribution in [0.25, 0.3) is 0 Å². The molecule has 1 aliphatic heterocycles. The Bertz CT molecular complexity index is 671. The third-order valence-corrected chi connectivity index (χ3v) is 4.02. The van der Waals surface area contributed by atoms with Gasteiger partial charge in [0.2, 0.25) is 0 Å². The predicted molar refractivity (Wildman–Crippen MR) is 80.5 cm³/mol. The third kappa shape index (κ3) is 2.48. The van der Waals surface area contributed by atoms with Crippen LogP contribution in [0.2, 0.25) is 0 Å². The number of anilines is 1. The van der Waals surface area contributed by atoms with Crippen LogP contribution in [0, 0.1) is 5.82 Å². The smallest absolute Gasteiger partial charge is 0.166 e. The number of nitrogens with zero attached hydrogens (tertiary/aromatic N) is 1. The number of ketones is 1. The molecule has 4 heteroatoms. The number of carbonyl (C=O) groups is 1. The topological polar surface area (TPSA) is 20.3 Å². The lowest BCUT2D eigenvalue weighted by atomic mass is 10.00. The van der Waals surface area contributed by atoms with Gasteiger partial charge in [0.25, 0.3) is 0 Å². The van der Waals surface area contributed by atoms with E-state index < -0.39 is 0 Å². The first-order valence-electron chi connectivity index (χ1n) is 6.46. The van der Waals surface area contributed by atoms with Gasteiger partial charge in [-0.3, -0.25) is 4.79 Å². The molecular weight excluding hydrogens is 321 g/mol. The summed E-state index contributed by atoms with van der Waals surface area (Å²) in [6.45, 7) is 1.11. The quantitative estimate of drug-likeness (QED) is 0.821. The molecule has 0 bridgehead atoms. The zero-order valence-corrected chi connectivity index (χ0v) is 12.4. The summed E-state index contributed by atoms with van der Waals surface area (Å²) in [6, 6.07) is 12.6. The fourth-order valence-corrected chi connectivity index (χ4v) is 2.83. The molecule has 0 aromatic heterocycles. The van der Waals surface area contributed by atoms with Crippen LogP contribution >= 0.6 is 15.9 Å². The molecule has 0 unspecified atom stereocenters. The van der Waals surface area contributed by atoms with Crippen LogP contribution in [0.3, 0.4) is 0 Å². The molecule has 20 heavy (non-hydrogen) atoms. The molecule has 0 saturated heterocycles. The van der Waals surface area contributed by atoms with E-state index in [4.69, 9.17) is 0 Å². The number of carbonyl (C=O) groups excluding carboxylic acids is 1. The van der Waals surface area contributed by atoms with Gasteiger partial charge in [0.1, 0.15) is 5.82 Å². The van der Waals surface area contributed by atoms with Crippen molar-refractivity contribution in [2.75, 3.05) is 11.4 Å². The largest absolute Gasteiger partial charge is 0.366 e. The summed E-state index contributed by atoms with van der Waals surface area (Å²) >= 11 is 3.26. The van der Waals surface area contributed by atoms with Crippen molar-refractivity contribution in [1.82, 2.24) is 0 Å². The summed E-state index contributed by atoms with van der Waals surface area (Å²) in [7, 11) is 0. The number of hydrogen-bond donors (Lipinski definition) is 0. The molecule has 0 radical (unpaired) electrons. The van der Waals surface area contributed by atoms with E-state index in [-0.39, 0.29) is 11.6 Å². The molecule has 0 amide bonds. The van der Waals surface area contributed by atoms with E-state index >= 15 is 0 Å². The zero-order chi connectivity index (χ0) is 14.1. The number of fused-ring (bicyclic) bond motifs is 1. The Morgan fingerprint density at radius 3 is 2.80 bits per heavy atom. The van der Waals surface area contributed by atoms with Crippen LogP contribution in [-0.2, 0) is 6.54 Å². The average Bonchev–Trinajstić information content (AvgIpc) is 2.45. The lowest BCUT2D eigenvalue weighted by Crippen LogP contribution is -2.31. The fourth-order valence-electron chi connectivity index (χ4n) is 2.50.